The Morgan fingerprint density at radius 2 is 2.19 bits per heavy atom. The van der Waals surface area contributed by atoms with Gasteiger partial charge in [-0.25, -0.2) is 9.78 Å². The minimum Gasteiger partial charge on any atom is -0.480 e. The molecular weight excluding hydrogens is 276 g/mol. The lowest BCUT2D eigenvalue weighted by atomic mass is 10.0. The van der Waals surface area contributed by atoms with Gasteiger partial charge in [0.2, 0.25) is 0 Å². The summed E-state index contributed by atoms with van der Waals surface area (Å²) in [6, 6.07) is 3.39. The number of pyridine rings is 1. The van der Waals surface area contributed by atoms with Gasteiger partial charge in [-0.15, -0.1) is 0 Å². The highest BCUT2D eigenvalue weighted by Crippen LogP contribution is 2.31. The molecule has 0 aliphatic carbocycles. The molecule has 1 aromatic rings. The summed E-state index contributed by atoms with van der Waals surface area (Å²) >= 11 is 0. The lowest BCUT2D eigenvalue weighted by molar-refractivity contribution is -0.118. The van der Waals surface area contributed by atoms with E-state index in [9.17, 15) is 9.59 Å². The Balaban J connectivity index is 1.62. The van der Waals surface area contributed by atoms with E-state index in [1.807, 2.05) is 0 Å². The van der Waals surface area contributed by atoms with Gasteiger partial charge in [-0.05, 0) is 12.1 Å². The number of ether oxygens (including phenoxy) is 2. The minimum absolute atomic E-state index is 0.0186. The fourth-order valence-electron chi connectivity index (χ4n) is 2.82. The summed E-state index contributed by atoms with van der Waals surface area (Å²) in [6.07, 6.45) is -0.468. The van der Waals surface area contributed by atoms with Crippen LogP contribution < -0.4 is 20.3 Å². The average molecular weight is 290 g/mol. The minimum atomic E-state index is -0.407. The van der Waals surface area contributed by atoms with Gasteiger partial charge in [-0.3, -0.25) is 9.69 Å². The van der Waals surface area contributed by atoms with Crippen LogP contribution in [-0.4, -0.2) is 49.3 Å². The number of amides is 2. The molecule has 2 N–H and O–H groups in total. The highest BCUT2D eigenvalue weighted by Gasteiger charge is 2.39. The van der Waals surface area contributed by atoms with Crippen LogP contribution in [0.4, 0.5) is 16.4 Å². The lowest BCUT2D eigenvalue weighted by Gasteiger charge is -2.33. The van der Waals surface area contributed by atoms with E-state index in [1.54, 1.807) is 12.1 Å². The molecule has 3 aliphatic rings. The van der Waals surface area contributed by atoms with E-state index in [4.69, 9.17) is 9.47 Å². The first-order valence-electron chi connectivity index (χ1n) is 6.83. The van der Waals surface area contributed by atoms with E-state index in [1.165, 1.54) is 4.90 Å². The van der Waals surface area contributed by atoms with Gasteiger partial charge in [-0.2, -0.15) is 0 Å². The van der Waals surface area contributed by atoms with Crippen LogP contribution in [0.3, 0.4) is 0 Å². The molecular formula is C13H14N4O4. The maximum absolute atomic E-state index is 12.1. The summed E-state index contributed by atoms with van der Waals surface area (Å²) < 4.78 is 10.7. The van der Waals surface area contributed by atoms with Crippen LogP contribution in [0.15, 0.2) is 12.1 Å². The Hall–Kier alpha value is -2.35. The molecule has 8 heteroatoms. The quantitative estimate of drug-likeness (QED) is 0.754. The maximum Gasteiger partial charge on any atom is 0.415 e. The maximum atomic E-state index is 12.1. The van der Waals surface area contributed by atoms with Crippen molar-refractivity contribution < 1.29 is 19.1 Å². The van der Waals surface area contributed by atoms with E-state index in [0.717, 1.165) is 6.54 Å². The highest BCUT2D eigenvalue weighted by molar-refractivity contribution is 5.95. The number of nitrogens with zero attached hydrogens (tertiary/aromatic N) is 2. The molecule has 8 nitrogen and oxygen atoms in total. The number of carbonyl (C=O) groups excluding carboxylic acids is 2. The number of carbonyl (C=O) groups is 2. The molecule has 2 fully saturated rings. The molecule has 0 aromatic carbocycles. The Kier molecular flexibility index (Phi) is 2.71. The highest BCUT2D eigenvalue weighted by atomic mass is 16.6. The largest absolute Gasteiger partial charge is 0.480 e. The Morgan fingerprint density at radius 3 is 3.10 bits per heavy atom. The zero-order chi connectivity index (χ0) is 14.4. The molecule has 1 aromatic heterocycles. The number of hydrogen-bond acceptors (Lipinski definition) is 6. The number of fused-ring (bicyclic) bond motifs is 2. The van der Waals surface area contributed by atoms with Crippen LogP contribution >= 0.6 is 0 Å². The van der Waals surface area contributed by atoms with E-state index >= 15 is 0 Å². The summed E-state index contributed by atoms with van der Waals surface area (Å²) in [7, 11) is 0. The van der Waals surface area contributed by atoms with Gasteiger partial charge in [0.05, 0.1) is 0 Å². The molecule has 0 unspecified atom stereocenters. The summed E-state index contributed by atoms with van der Waals surface area (Å²) in [5.41, 5.74) is 0. The predicted molar refractivity (Wildman–Crippen MR) is 72.3 cm³/mol. The van der Waals surface area contributed by atoms with Crippen molar-refractivity contribution in [2.75, 3.05) is 36.5 Å². The normalized spacial score (nSPS) is 27.3. The number of anilines is 2. The zero-order valence-electron chi connectivity index (χ0n) is 11.2. The Labute approximate surface area is 120 Å². The van der Waals surface area contributed by atoms with Crippen molar-refractivity contribution in [1.82, 2.24) is 10.3 Å². The van der Waals surface area contributed by atoms with Crippen LogP contribution in [0.1, 0.15) is 0 Å². The molecule has 0 saturated carbocycles. The fraction of sp³-hybridized carbons (Fsp3) is 0.462. The van der Waals surface area contributed by atoms with Crippen molar-refractivity contribution in [2.24, 2.45) is 5.92 Å². The molecule has 21 heavy (non-hydrogen) atoms. The van der Waals surface area contributed by atoms with Crippen LogP contribution in [0.5, 0.6) is 5.75 Å². The van der Waals surface area contributed by atoms with Gasteiger partial charge in [-0.1, -0.05) is 0 Å². The van der Waals surface area contributed by atoms with Crippen molar-refractivity contribution in [1.29, 1.82) is 0 Å². The fourth-order valence-corrected chi connectivity index (χ4v) is 2.82. The van der Waals surface area contributed by atoms with Crippen LogP contribution in [-0.2, 0) is 9.53 Å². The predicted octanol–water partition coefficient (Wildman–Crippen LogP) is -0.0429. The summed E-state index contributed by atoms with van der Waals surface area (Å²) in [5.74, 6) is 1.29. The SMILES string of the molecule is O=C1COc2ccc(N3C[C@H]4CNC[C@H]4OC3=O)nc2N1. The van der Waals surface area contributed by atoms with Crippen LogP contribution in [0, 0.1) is 5.92 Å². The smallest absolute Gasteiger partial charge is 0.415 e. The number of nitrogens with one attached hydrogen (secondary N) is 2. The molecule has 4 rings (SSSR count). The number of aromatic nitrogens is 1. The molecule has 2 saturated heterocycles. The number of hydrogen-bond donors (Lipinski definition) is 2. The average Bonchev–Trinajstić information content (AvgIpc) is 2.92. The standard InChI is InChI=1S/C13H14N4O4/c18-11-6-20-8-1-2-10(15-12(8)16-11)17-5-7-3-14-4-9(7)21-13(17)19/h1-2,7,9,14H,3-6H2,(H,15,16,18)/t7-,9-/m1/s1. The van der Waals surface area contributed by atoms with Crippen molar-refractivity contribution in [3.8, 4) is 5.75 Å². The summed E-state index contributed by atoms with van der Waals surface area (Å²) in [6.45, 7) is 2.05. The first-order valence-corrected chi connectivity index (χ1v) is 6.83. The number of rotatable bonds is 1. The van der Waals surface area contributed by atoms with Crippen molar-refractivity contribution in [3.63, 3.8) is 0 Å². The van der Waals surface area contributed by atoms with Crippen molar-refractivity contribution >= 4 is 23.6 Å². The first-order chi connectivity index (χ1) is 10.2. The van der Waals surface area contributed by atoms with E-state index in [-0.39, 0.29) is 24.5 Å². The molecule has 2 atom stereocenters. The second kappa shape index (κ2) is 4.59. The molecule has 0 bridgehead atoms. The lowest BCUT2D eigenvalue weighted by Crippen LogP contribution is -2.48. The van der Waals surface area contributed by atoms with Gasteiger partial charge in [0.25, 0.3) is 5.91 Å². The molecule has 110 valence electrons. The van der Waals surface area contributed by atoms with Crippen molar-refractivity contribution in [3.05, 3.63) is 12.1 Å². The van der Waals surface area contributed by atoms with Crippen molar-refractivity contribution in [2.45, 2.75) is 6.10 Å². The Morgan fingerprint density at radius 1 is 1.29 bits per heavy atom. The van der Waals surface area contributed by atoms with Gasteiger partial charge in [0.15, 0.2) is 18.2 Å². The second-order valence-electron chi connectivity index (χ2n) is 5.30. The topological polar surface area (TPSA) is 92.8 Å². The van der Waals surface area contributed by atoms with Gasteiger partial charge < -0.3 is 20.1 Å². The molecule has 2 amide bonds. The van der Waals surface area contributed by atoms with Gasteiger partial charge >= 0.3 is 6.09 Å². The van der Waals surface area contributed by atoms with E-state index in [2.05, 4.69) is 15.6 Å². The molecule has 3 aliphatic heterocycles. The third kappa shape index (κ3) is 2.07. The Bertz CT molecular complexity index is 620. The van der Waals surface area contributed by atoms with Gasteiger partial charge in [0.1, 0.15) is 11.9 Å². The molecule has 0 spiro atoms. The monoisotopic (exact) mass is 290 g/mol. The molecule has 0 radical (unpaired) electrons. The first kappa shape index (κ1) is 12.4. The third-order valence-electron chi connectivity index (χ3n) is 3.90. The zero-order valence-corrected chi connectivity index (χ0v) is 11.2. The summed E-state index contributed by atoms with van der Waals surface area (Å²) in [4.78, 5) is 29.2. The third-order valence-corrected chi connectivity index (χ3v) is 3.90. The molecule has 4 heterocycles. The van der Waals surface area contributed by atoms with E-state index in [0.29, 0.717) is 30.5 Å². The second-order valence-corrected chi connectivity index (χ2v) is 5.30. The van der Waals surface area contributed by atoms with Crippen LogP contribution in [0.2, 0.25) is 0 Å². The van der Waals surface area contributed by atoms with E-state index < -0.39 is 6.09 Å². The summed E-state index contributed by atoms with van der Waals surface area (Å²) in [5, 5.41) is 5.85. The van der Waals surface area contributed by atoms with Crippen LogP contribution in [0.25, 0.3) is 0 Å². The van der Waals surface area contributed by atoms with Gasteiger partial charge in [0, 0.05) is 25.6 Å².